The molecule has 0 unspecified atom stereocenters. The van der Waals surface area contributed by atoms with Gasteiger partial charge in [-0.25, -0.2) is 4.79 Å². The van der Waals surface area contributed by atoms with Crippen molar-refractivity contribution in [2.75, 3.05) is 12.4 Å². The Morgan fingerprint density at radius 2 is 1.84 bits per heavy atom. The average Bonchev–Trinajstić information content (AvgIpc) is 2.71. The van der Waals surface area contributed by atoms with Gasteiger partial charge in [-0.3, -0.25) is 19.7 Å². The topological polar surface area (TPSA) is 125 Å². The van der Waals surface area contributed by atoms with Crippen LogP contribution in [0.1, 0.15) is 32.8 Å². The first kappa shape index (κ1) is 26.0. The van der Waals surface area contributed by atoms with Crippen molar-refractivity contribution in [3.63, 3.8) is 0 Å². The Morgan fingerprint density at radius 3 is 2.38 bits per heavy atom. The summed E-state index contributed by atoms with van der Waals surface area (Å²) in [6.45, 7) is 10.4. The summed E-state index contributed by atoms with van der Waals surface area (Å²) in [6.07, 6.45) is 0.375. The predicted molar refractivity (Wildman–Crippen MR) is 124 cm³/mol. The third-order valence-corrected chi connectivity index (χ3v) is 11.2. The molecule has 1 aromatic rings. The van der Waals surface area contributed by atoms with Gasteiger partial charge in [0.2, 0.25) is 5.91 Å². The first-order valence-electron chi connectivity index (χ1n) is 10.3. The maximum Gasteiger partial charge on any atom is 0.367 e. The Kier molecular flexibility index (Phi) is 8.60. The number of carbonyl (C=O) groups excluding carboxylic acids is 3. The normalized spacial score (nSPS) is 18.5. The van der Waals surface area contributed by atoms with E-state index in [1.54, 1.807) is 0 Å². The molecular formula is C21H30N2O7SSi. The van der Waals surface area contributed by atoms with Gasteiger partial charge in [0.05, 0.1) is 17.4 Å². The molecule has 0 saturated carbocycles. The highest BCUT2D eigenvalue weighted by atomic mass is 32.2. The van der Waals surface area contributed by atoms with E-state index in [4.69, 9.17) is 9.16 Å². The van der Waals surface area contributed by atoms with Crippen LogP contribution in [0.3, 0.4) is 0 Å². The number of non-ortho nitro benzene ring substituents is 1. The van der Waals surface area contributed by atoms with Crippen LogP contribution in [0.4, 0.5) is 10.5 Å². The molecule has 0 aromatic heterocycles. The van der Waals surface area contributed by atoms with Gasteiger partial charge in [-0.2, -0.15) is 0 Å². The number of amides is 1. The van der Waals surface area contributed by atoms with Gasteiger partial charge in [0, 0.05) is 17.9 Å². The van der Waals surface area contributed by atoms with Crippen molar-refractivity contribution in [1.29, 1.82) is 0 Å². The maximum absolute atomic E-state index is 12.5. The number of hydrogen-bond acceptors (Lipinski definition) is 8. The lowest BCUT2D eigenvalue weighted by molar-refractivity contribution is -0.384. The molecule has 0 aliphatic carbocycles. The Balaban J connectivity index is 1.73. The molecule has 1 heterocycles. The molecule has 1 aliphatic heterocycles. The number of nitro benzene ring substituents is 1. The number of hydrogen-bond donors (Lipinski definition) is 1. The van der Waals surface area contributed by atoms with Crippen molar-refractivity contribution in [3.05, 3.63) is 39.9 Å². The van der Waals surface area contributed by atoms with Crippen molar-refractivity contribution >= 4 is 42.8 Å². The van der Waals surface area contributed by atoms with Crippen molar-refractivity contribution in [3.8, 4) is 0 Å². The molecule has 2 rings (SSSR count). The number of thioether (sulfide) groups is 1. The number of benzene rings is 1. The molecule has 176 valence electrons. The number of nitrogens with one attached hydrogen (secondary N) is 1. The van der Waals surface area contributed by atoms with E-state index in [1.807, 2.05) is 0 Å². The van der Waals surface area contributed by atoms with Crippen molar-refractivity contribution in [2.45, 2.75) is 58.0 Å². The second kappa shape index (κ2) is 10.6. The SMILES string of the molecule is CC(C)(C)[Si](C)(C)OCC(=O)[C@@H]1NC(=O)[C@H]1CCSC(=O)OCc1ccc([N+](=O)[O-])cc1. The van der Waals surface area contributed by atoms with Crippen LogP contribution < -0.4 is 5.32 Å². The molecule has 0 radical (unpaired) electrons. The van der Waals surface area contributed by atoms with E-state index in [0.29, 0.717) is 17.7 Å². The van der Waals surface area contributed by atoms with Gasteiger partial charge < -0.3 is 14.5 Å². The zero-order valence-electron chi connectivity index (χ0n) is 19.0. The Morgan fingerprint density at radius 1 is 1.22 bits per heavy atom. The Hall–Kier alpha value is -2.24. The van der Waals surface area contributed by atoms with Crippen LogP contribution in [0, 0.1) is 16.0 Å². The number of carbonyl (C=O) groups is 3. The molecule has 1 N–H and O–H groups in total. The summed E-state index contributed by atoms with van der Waals surface area (Å²) in [5, 5.41) is 12.8. The molecule has 1 aliphatic rings. The summed E-state index contributed by atoms with van der Waals surface area (Å²) in [7, 11) is -2.06. The molecule has 1 saturated heterocycles. The quantitative estimate of drug-likeness (QED) is 0.174. The van der Waals surface area contributed by atoms with Gasteiger partial charge in [-0.15, -0.1) is 0 Å². The van der Waals surface area contributed by atoms with Crippen LogP contribution in [0.25, 0.3) is 0 Å². The number of nitrogens with zero attached hydrogens (tertiary/aromatic N) is 1. The van der Waals surface area contributed by atoms with Gasteiger partial charge in [0.15, 0.2) is 14.1 Å². The second-order valence-electron chi connectivity index (χ2n) is 9.21. The lowest BCUT2D eigenvalue weighted by atomic mass is 9.85. The minimum Gasteiger partial charge on any atom is -0.453 e. The minimum absolute atomic E-state index is 0.000354. The monoisotopic (exact) mass is 482 g/mol. The maximum atomic E-state index is 12.5. The predicted octanol–water partition coefficient (Wildman–Crippen LogP) is 4.06. The van der Waals surface area contributed by atoms with E-state index in [1.165, 1.54) is 24.3 Å². The van der Waals surface area contributed by atoms with E-state index in [9.17, 15) is 24.5 Å². The van der Waals surface area contributed by atoms with Crippen LogP contribution in [0.2, 0.25) is 18.1 Å². The highest BCUT2D eigenvalue weighted by Gasteiger charge is 2.44. The molecule has 0 bridgehead atoms. The third-order valence-electron chi connectivity index (χ3n) is 5.92. The molecular weight excluding hydrogens is 452 g/mol. The minimum atomic E-state index is -2.06. The summed E-state index contributed by atoms with van der Waals surface area (Å²) in [5.74, 6) is -0.481. The van der Waals surface area contributed by atoms with Gasteiger partial charge in [0.1, 0.15) is 12.6 Å². The smallest absolute Gasteiger partial charge is 0.367 e. The van der Waals surface area contributed by atoms with E-state index in [0.717, 1.165) is 11.8 Å². The molecule has 9 nitrogen and oxygen atoms in total. The highest BCUT2D eigenvalue weighted by molar-refractivity contribution is 8.13. The summed E-state index contributed by atoms with van der Waals surface area (Å²) < 4.78 is 11.1. The standard InChI is InChI=1S/C21H30N2O7SSi/c1-21(2,3)32(4,5)30-13-17(24)18-16(19(25)22-18)10-11-31-20(26)29-12-14-6-8-15(9-7-14)23(27)28/h6-9,16,18H,10-13H2,1-5H3,(H,22,25)/t16-,18+/m0/s1. The molecule has 2 atom stereocenters. The lowest BCUT2D eigenvalue weighted by Gasteiger charge is -2.38. The van der Waals surface area contributed by atoms with Gasteiger partial charge >= 0.3 is 5.30 Å². The van der Waals surface area contributed by atoms with Crippen LogP contribution in [0.5, 0.6) is 0 Å². The molecule has 1 fully saturated rings. The van der Waals surface area contributed by atoms with Crippen molar-refractivity contribution in [1.82, 2.24) is 5.32 Å². The van der Waals surface area contributed by atoms with Crippen LogP contribution in [-0.4, -0.2) is 48.6 Å². The molecule has 11 heteroatoms. The fourth-order valence-electron chi connectivity index (χ4n) is 2.74. The zero-order valence-corrected chi connectivity index (χ0v) is 20.8. The highest BCUT2D eigenvalue weighted by Crippen LogP contribution is 2.36. The zero-order chi connectivity index (χ0) is 24.1. The number of Topliss-reactive ketones (excluding diaryl/α,β-unsaturated/α-hetero) is 1. The summed E-state index contributed by atoms with van der Waals surface area (Å²) in [5.41, 5.74) is 0.599. The fraction of sp³-hybridized carbons (Fsp3) is 0.571. The van der Waals surface area contributed by atoms with Gasteiger partial charge in [0.25, 0.3) is 5.69 Å². The molecule has 0 spiro atoms. The summed E-state index contributed by atoms with van der Waals surface area (Å²) in [6, 6.07) is 5.16. The van der Waals surface area contributed by atoms with Gasteiger partial charge in [-0.05, 0) is 54.0 Å². The Bertz CT molecular complexity index is 868. The van der Waals surface area contributed by atoms with E-state index < -0.39 is 30.5 Å². The second-order valence-corrected chi connectivity index (χ2v) is 15.0. The lowest BCUT2D eigenvalue weighted by Crippen LogP contribution is -2.63. The van der Waals surface area contributed by atoms with Gasteiger partial charge in [-0.1, -0.05) is 20.8 Å². The fourth-order valence-corrected chi connectivity index (χ4v) is 4.36. The molecule has 1 amide bonds. The van der Waals surface area contributed by atoms with Crippen LogP contribution in [-0.2, 0) is 25.4 Å². The number of β-lactam (4-membered cyclic amide) rings is 1. The van der Waals surface area contributed by atoms with E-state index >= 15 is 0 Å². The number of nitro groups is 1. The van der Waals surface area contributed by atoms with Crippen molar-refractivity contribution < 1.29 is 28.5 Å². The average molecular weight is 483 g/mol. The number of rotatable bonds is 10. The Labute approximate surface area is 192 Å². The summed E-state index contributed by atoms with van der Waals surface area (Å²) in [4.78, 5) is 46.5. The van der Waals surface area contributed by atoms with Crippen LogP contribution in [0.15, 0.2) is 24.3 Å². The first-order chi connectivity index (χ1) is 14.8. The van der Waals surface area contributed by atoms with E-state index in [-0.39, 0.29) is 35.6 Å². The summed E-state index contributed by atoms with van der Waals surface area (Å²) >= 11 is 0.933. The van der Waals surface area contributed by atoms with E-state index in [2.05, 4.69) is 39.2 Å². The third kappa shape index (κ3) is 6.88. The van der Waals surface area contributed by atoms with Crippen LogP contribution >= 0.6 is 11.8 Å². The molecule has 1 aromatic carbocycles. The number of ketones is 1. The molecule has 32 heavy (non-hydrogen) atoms. The largest absolute Gasteiger partial charge is 0.453 e. The van der Waals surface area contributed by atoms with Crippen molar-refractivity contribution in [2.24, 2.45) is 5.92 Å². The number of ether oxygens (including phenoxy) is 1. The first-order valence-corrected chi connectivity index (χ1v) is 14.2.